The summed E-state index contributed by atoms with van der Waals surface area (Å²) in [6.45, 7) is 0. The van der Waals surface area contributed by atoms with Crippen molar-refractivity contribution in [1.82, 2.24) is 0 Å². The summed E-state index contributed by atoms with van der Waals surface area (Å²) in [4.78, 5) is 11.9. The first-order chi connectivity index (χ1) is 8.58. The first-order valence-electron chi connectivity index (χ1n) is 5.05. The highest BCUT2D eigenvalue weighted by molar-refractivity contribution is 9.10. The molecule has 0 spiro atoms. The van der Waals surface area contributed by atoms with Crippen molar-refractivity contribution in [2.24, 2.45) is 0 Å². The molecule has 0 aliphatic rings. The number of hydrogen-bond acceptors (Lipinski definition) is 3. The number of carboxylic acid groups (broad SMARTS) is 1. The molecule has 92 valence electrons. The summed E-state index contributed by atoms with van der Waals surface area (Å²) in [5.74, 6) is -0.967. The maximum absolute atomic E-state index is 11.2. The van der Waals surface area contributed by atoms with Crippen LogP contribution in [-0.2, 0) is 4.79 Å². The van der Waals surface area contributed by atoms with Crippen molar-refractivity contribution in [3.63, 3.8) is 0 Å². The van der Waals surface area contributed by atoms with Crippen LogP contribution < -0.4 is 0 Å². The van der Waals surface area contributed by atoms with Crippen LogP contribution in [0.3, 0.4) is 0 Å². The maximum Gasteiger partial charge on any atom is 0.337 e. The van der Waals surface area contributed by atoms with Gasteiger partial charge in [0.15, 0.2) is 0 Å². The number of thiophene rings is 1. The number of aliphatic carboxylic acids is 1. The number of benzene rings is 1. The number of hydrogen-bond donors (Lipinski definition) is 2. The minimum atomic E-state index is -1.02. The molecule has 18 heavy (non-hydrogen) atoms. The highest BCUT2D eigenvalue weighted by atomic mass is 79.9. The molecule has 1 aromatic carbocycles. The molecule has 2 aromatic rings. The number of carboxylic acids is 1. The van der Waals surface area contributed by atoms with Gasteiger partial charge in [-0.05, 0) is 35.7 Å². The molecule has 1 aromatic heterocycles. The fraction of sp³-hybridized carbons (Fsp3) is 0. The highest BCUT2D eigenvalue weighted by Gasteiger charge is 2.12. The Balaban J connectivity index is 2.52. The summed E-state index contributed by atoms with van der Waals surface area (Å²) in [5, 5.41) is 20.7. The van der Waals surface area contributed by atoms with Gasteiger partial charge in [0.1, 0.15) is 5.75 Å². The van der Waals surface area contributed by atoms with E-state index in [-0.39, 0.29) is 11.3 Å². The second kappa shape index (κ2) is 5.37. The standard InChI is InChI=1S/C13H9BrO3S/c14-9-3-4-11(15)8(6-9)7-10(13(16)17)12-2-1-5-18-12/h1-7,15H,(H,16,17)/b10-7-. The average molecular weight is 325 g/mol. The molecule has 0 fully saturated rings. The smallest absolute Gasteiger partial charge is 0.337 e. The second-order valence-electron chi connectivity index (χ2n) is 3.54. The Labute approximate surface area is 116 Å². The largest absolute Gasteiger partial charge is 0.507 e. The van der Waals surface area contributed by atoms with Gasteiger partial charge in [-0.15, -0.1) is 11.3 Å². The summed E-state index contributed by atoms with van der Waals surface area (Å²) < 4.78 is 0.780. The van der Waals surface area contributed by atoms with Gasteiger partial charge in [-0.2, -0.15) is 0 Å². The third kappa shape index (κ3) is 2.80. The quantitative estimate of drug-likeness (QED) is 0.843. The van der Waals surface area contributed by atoms with Crippen LogP contribution in [0.5, 0.6) is 5.75 Å². The van der Waals surface area contributed by atoms with Crippen LogP contribution in [0.4, 0.5) is 0 Å². The fourth-order valence-electron chi connectivity index (χ4n) is 1.47. The third-order valence-corrected chi connectivity index (χ3v) is 3.70. The van der Waals surface area contributed by atoms with E-state index in [1.54, 1.807) is 24.3 Å². The van der Waals surface area contributed by atoms with E-state index in [2.05, 4.69) is 15.9 Å². The Morgan fingerprint density at radius 1 is 1.33 bits per heavy atom. The monoisotopic (exact) mass is 324 g/mol. The van der Waals surface area contributed by atoms with Gasteiger partial charge in [-0.1, -0.05) is 22.0 Å². The van der Waals surface area contributed by atoms with Gasteiger partial charge in [0.2, 0.25) is 0 Å². The summed E-state index contributed by atoms with van der Waals surface area (Å²) in [7, 11) is 0. The summed E-state index contributed by atoms with van der Waals surface area (Å²) >= 11 is 4.63. The lowest BCUT2D eigenvalue weighted by Crippen LogP contribution is -1.97. The zero-order chi connectivity index (χ0) is 13.1. The minimum Gasteiger partial charge on any atom is -0.507 e. The molecule has 0 saturated carbocycles. The maximum atomic E-state index is 11.2. The molecule has 0 radical (unpaired) electrons. The van der Waals surface area contributed by atoms with E-state index in [9.17, 15) is 15.0 Å². The minimum absolute atomic E-state index is 0.0495. The molecular weight excluding hydrogens is 316 g/mol. The van der Waals surface area contributed by atoms with E-state index in [1.165, 1.54) is 23.5 Å². The average Bonchev–Trinajstić information content (AvgIpc) is 2.83. The number of phenols is 1. The molecule has 5 heteroatoms. The van der Waals surface area contributed by atoms with Crippen LogP contribution in [0, 0.1) is 0 Å². The topological polar surface area (TPSA) is 57.5 Å². The van der Waals surface area contributed by atoms with E-state index < -0.39 is 5.97 Å². The first kappa shape index (κ1) is 12.9. The highest BCUT2D eigenvalue weighted by Crippen LogP contribution is 2.28. The van der Waals surface area contributed by atoms with E-state index in [0.29, 0.717) is 10.4 Å². The number of halogens is 1. The van der Waals surface area contributed by atoms with Crippen LogP contribution in [0.15, 0.2) is 40.2 Å². The normalized spacial score (nSPS) is 11.5. The Morgan fingerprint density at radius 3 is 2.72 bits per heavy atom. The second-order valence-corrected chi connectivity index (χ2v) is 5.41. The summed E-state index contributed by atoms with van der Waals surface area (Å²) in [6.07, 6.45) is 1.47. The molecule has 0 aliphatic heterocycles. The predicted molar refractivity (Wildman–Crippen MR) is 75.6 cm³/mol. The van der Waals surface area contributed by atoms with Gasteiger partial charge < -0.3 is 10.2 Å². The van der Waals surface area contributed by atoms with Crippen molar-refractivity contribution in [2.45, 2.75) is 0 Å². The van der Waals surface area contributed by atoms with Crippen molar-refractivity contribution in [1.29, 1.82) is 0 Å². The van der Waals surface area contributed by atoms with E-state index in [1.807, 2.05) is 5.38 Å². The molecule has 0 saturated heterocycles. The zero-order valence-electron chi connectivity index (χ0n) is 9.13. The molecule has 0 atom stereocenters. The Morgan fingerprint density at radius 2 is 2.11 bits per heavy atom. The van der Waals surface area contributed by atoms with Gasteiger partial charge in [-0.25, -0.2) is 4.79 Å². The first-order valence-corrected chi connectivity index (χ1v) is 6.72. The van der Waals surface area contributed by atoms with Crippen molar-refractivity contribution in [3.05, 3.63) is 50.6 Å². The Hall–Kier alpha value is -1.59. The molecule has 0 amide bonds. The van der Waals surface area contributed by atoms with E-state index in [4.69, 9.17) is 0 Å². The fourth-order valence-corrected chi connectivity index (χ4v) is 2.58. The number of aromatic hydroxyl groups is 1. The van der Waals surface area contributed by atoms with Crippen molar-refractivity contribution in [3.8, 4) is 5.75 Å². The molecule has 1 heterocycles. The lowest BCUT2D eigenvalue weighted by atomic mass is 10.1. The zero-order valence-corrected chi connectivity index (χ0v) is 11.5. The van der Waals surface area contributed by atoms with Crippen LogP contribution in [0.2, 0.25) is 0 Å². The van der Waals surface area contributed by atoms with E-state index >= 15 is 0 Å². The Kier molecular flexibility index (Phi) is 3.84. The molecule has 0 bridgehead atoms. The number of carbonyl (C=O) groups is 1. The lowest BCUT2D eigenvalue weighted by Gasteiger charge is -2.03. The molecule has 3 nitrogen and oxygen atoms in total. The van der Waals surface area contributed by atoms with Crippen LogP contribution in [-0.4, -0.2) is 16.2 Å². The number of rotatable bonds is 3. The van der Waals surface area contributed by atoms with Gasteiger partial charge in [0, 0.05) is 14.9 Å². The Bertz CT molecular complexity index is 603. The van der Waals surface area contributed by atoms with Gasteiger partial charge >= 0.3 is 5.97 Å². The SMILES string of the molecule is O=C(O)/C(=C\c1cc(Br)ccc1O)c1cccs1. The van der Waals surface area contributed by atoms with Gasteiger partial charge in [-0.3, -0.25) is 0 Å². The molecular formula is C13H9BrO3S. The predicted octanol–water partition coefficient (Wildman–Crippen LogP) is 3.84. The molecule has 0 aliphatic carbocycles. The van der Waals surface area contributed by atoms with Crippen LogP contribution >= 0.6 is 27.3 Å². The van der Waals surface area contributed by atoms with Crippen molar-refractivity contribution < 1.29 is 15.0 Å². The van der Waals surface area contributed by atoms with E-state index in [0.717, 1.165) is 4.47 Å². The summed E-state index contributed by atoms with van der Waals surface area (Å²) in [5.41, 5.74) is 0.633. The molecule has 2 rings (SSSR count). The number of phenolic OH excluding ortho intramolecular Hbond substituents is 1. The molecule has 2 N–H and O–H groups in total. The summed E-state index contributed by atoms with van der Waals surface area (Å²) in [6, 6.07) is 8.41. The van der Waals surface area contributed by atoms with Crippen LogP contribution in [0.1, 0.15) is 10.4 Å². The van der Waals surface area contributed by atoms with Gasteiger partial charge in [0.25, 0.3) is 0 Å². The van der Waals surface area contributed by atoms with Crippen molar-refractivity contribution in [2.75, 3.05) is 0 Å². The van der Waals surface area contributed by atoms with Crippen molar-refractivity contribution >= 4 is 44.9 Å². The van der Waals surface area contributed by atoms with Gasteiger partial charge in [0.05, 0.1) is 5.57 Å². The van der Waals surface area contributed by atoms with Crippen LogP contribution in [0.25, 0.3) is 11.6 Å². The molecule has 0 unspecified atom stereocenters. The lowest BCUT2D eigenvalue weighted by molar-refractivity contribution is -0.130. The third-order valence-electron chi connectivity index (χ3n) is 2.31.